The van der Waals surface area contributed by atoms with Crippen molar-refractivity contribution in [1.29, 1.82) is 0 Å². The van der Waals surface area contributed by atoms with E-state index in [1.165, 1.54) is 6.08 Å². The molecule has 1 atom stereocenters. The second-order valence-corrected chi connectivity index (χ2v) is 5.70. The number of fused-ring (bicyclic) bond motifs is 1. The lowest BCUT2D eigenvalue weighted by Gasteiger charge is -2.20. The van der Waals surface area contributed by atoms with E-state index in [2.05, 4.69) is 15.6 Å². The Morgan fingerprint density at radius 1 is 1.46 bits per heavy atom. The van der Waals surface area contributed by atoms with Crippen molar-refractivity contribution in [2.75, 3.05) is 6.61 Å². The highest BCUT2D eigenvalue weighted by atomic mass is 19.4. The SMILES string of the molecule is C/C=C\C(=C(/CC)C1=CCC2N=C(NC(=O)OCC)NC2=C1)C(F)(F)F. The molecule has 1 heterocycles. The van der Waals surface area contributed by atoms with Crippen molar-refractivity contribution < 1.29 is 22.7 Å². The molecule has 0 radical (unpaired) electrons. The van der Waals surface area contributed by atoms with Gasteiger partial charge in [0, 0.05) is 5.70 Å². The van der Waals surface area contributed by atoms with Gasteiger partial charge in [0.05, 0.1) is 18.2 Å². The summed E-state index contributed by atoms with van der Waals surface area (Å²) in [6.07, 6.45) is 1.53. The van der Waals surface area contributed by atoms with Crippen molar-refractivity contribution in [2.45, 2.75) is 45.8 Å². The first-order valence-electron chi connectivity index (χ1n) is 8.43. The molecule has 0 spiro atoms. The first-order chi connectivity index (χ1) is 12.3. The number of carbonyl (C=O) groups is 1. The van der Waals surface area contributed by atoms with E-state index in [-0.39, 0.29) is 30.6 Å². The van der Waals surface area contributed by atoms with Crippen LogP contribution >= 0.6 is 0 Å². The normalized spacial score (nSPS) is 20.5. The summed E-state index contributed by atoms with van der Waals surface area (Å²) in [5.41, 5.74) is 0.759. The van der Waals surface area contributed by atoms with E-state index in [1.54, 1.807) is 32.9 Å². The summed E-state index contributed by atoms with van der Waals surface area (Å²) in [7, 11) is 0. The Kier molecular flexibility index (Phi) is 6.28. The minimum absolute atomic E-state index is 0.229. The molecule has 1 unspecified atom stereocenters. The molecule has 0 saturated heterocycles. The van der Waals surface area contributed by atoms with Gasteiger partial charge in [-0.1, -0.05) is 25.2 Å². The van der Waals surface area contributed by atoms with Crippen LogP contribution in [-0.2, 0) is 4.74 Å². The summed E-state index contributed by atoms with van der Waals surface area (Å²) in [4.78, 5) is 15.8. The number of nitrogens with one attached hydrogen (secondary N) is 2. The van der Waals surface area contributed by atoms with Crippen molar-refractivity contribution in [2.24, 2.45) is 4.99 Å². The number of aliphatic imine (C=N–C) groups is 1. The molecular weight excluding hydrogens is 347 g/mol. The Hall–Kier alpha value is -2.51. The van der Waals surface area contributed by atoms with Gasteiger partial charge in [0.15, 0.2) is 0 Å². The van der Waals surface area contributed by atoms with E-state index in [0.29, 0.717) is 17.7 Å². The number of amides is 1. The highest BCUT2D eigenvalue weighted by molar-refractivity contribution is 5.96. The first kappa shape index (κ1) is 19.8. The topological polar surface area (TPSA) is 62.7 Å². The lowest BCUT2D eigenvalue weighted by atomic mass is 9.90. The summed E-state index contributed by atoms with van der Waals surface area (Å²) in [6.45, 7) is 5.17. The number of guanidine groups is 1. The summed E-state index contributed by atoms with van der Waals surface area (Å²) in [6, 6.07) is -0.246. The third kappa shape index (κ3) is 4.56. The fraction of sp³-hybridized carbons (Fsp3) is 0.444. The van der Waals surface area contributed by atoms with Crippen molar-refractivity contribution in [3.8, 4) is 0 Å². The number of nitrogens with zero attached hydrogens (tertiary/aromatic N) is 1. The average Bonchev–Trinajstić information content (AvgIpc) is 2.95. The Bertz CT molecular complexity index is 716. The number of rotatable bonds is 4. The summed E-state index contributed by atoms with van der Waals surface area (Å²) >= 11 is 0. The molecule has 142 valence electrons. The van der Waals surface area contributed by atoms with Crippen LogP contribution in [0.15, 0.2) is 51.7 Å². The van der Waals surface area contributed by atoms with Crippen LogP contribution in [0.3, 0.4) is 0 Å². The maximum absolute atomic E-state index is 13.4. The van der Waals surface area contributed by atoms with E-state index in [4.69, 9.17) is 4.74 Å². The van der Waals surface area contributed by atoms with Gasteiger partial charge >= 0.3 is 12.3 Å². The number of hydrogen-bond donors (Lipinski definition) is 2. The van der Waals surface area contributed by atoms with Crippen LogP contribution < -0.4 is 10.6 Å². The predicted octanol–water partition coefficient (Wildman–Crippen LogP) is 4.12. The van der Waals surface area contributed by atoms with Gasteiger partial charge in [0.25, 0.3) is 0 Å². The highest BCUT2D eigenvalue weighted by Crippen LogP contribution is 2.36. The van der Waals surface area contributed by atoms with Crippen molar-refractivity contribution in [3.05, 3.63) is 46.7 Å². The van der Waals surface area contributed by atoms with E-state index >= 15 is 0 Å². The number of hydrogen-bond acceptors (Lipinski definition) is 4. The van der Waals surface area contributed by atoms with E-state index in [0.717, 1.165) is 6.08 Å². The molecule has 8 heteroatoms. The van der Waals surface area contributed by atoms with E-state index in [1.807, 2.05) is 0 Å². The number of alkyl carbamates (subject to hydrolysis) is 1. The first-order valence-corrected chi connectivity index (χ1v) is 8.43. The summed E-state index contributed by atoms with van der Waals surface area (Å²) in [5, 5.41) is 5.41. The predicted molar refractivity (Wildman–Crippen MR) is 93.5 cm³/mol. The molecule has 0 bridgehead atoms. The number of ether oxygens (including phenoxy) is 1. The number of carbonyl (C=O) groups excluding carboxylic acids is 1. The maximum atomic E-state index is 13.4. The van der Waals surface area contributed by atoms with Crippen LogP contribution in [0, 0.1) is 0 Å². The van der Waals surface area contributed by atoms with Crippen molar-refractivity contribution >= 4 is 12.1 Å². The standard InChI is InChI=1S/C18H22F3N3O2/c1-4-7-13(18(19,20)21)12(5-2)11-8-9-14-15(10-11)23-16(22-14)24-17(25)26-6-3/h4,7-8,10,14H,5-6,9H2,1-3H3,(H2,22,23,24,25)/b7-4-,13-12-. The van der Waals surface area contributed by atoms with Crippen LogP contribution in [0.2, 0.25) is 0 Å². The Labute approximate surface area is 150 Å². The van der Waals surface area contributed by atoms with Crippen LogP contribution in [0.5, 0.6) is 0 Å². The van der Waals surface area contributed by atoms with Gasteiger partial charge in [-0.05, 0) is 43.9 Å². The fourth-order valence-corrected chi connectivity index (χ4v) is 2.88. The number of alkyl halides is 3. The molecule has 1 aliphatic carbocycles. The zero-order chi connectivity index (χ0) is 19.3. The van der Waals surface area contributed by atoms with Crippen LogP contribution in [0.1, 0.15) is 33.6 Å². The van der Waals surface area contributed by atoms with Crippen LogP contribution in [0.25, 0.3) is 0 Å². The monoisotopic (exact) mass is 369 g/mol. The van der Waals surface area contributed by atoms with Gasteiger partial charge in [-0.2, -0.15) is 13.2 Å². The zero-order valence-electron chi connectivity index (χ0n) is 14.9. The molecule has 26 heavy (non-hydrogen) atoms. The minimum Gasteiger partial charge on any atom is -0.450 e. The molecule has 0 saturated carbocycles. The molecule has 0 aromatic carbocycles. The van der Waals surface area contributed by atoms with Crippen LogP contribution in [-0.4, -0.2) is 30.9 Å². The molecule has 2 rings (SSSR count). The van der Waals surface area contributed by atoms with Crippen molar-refractivity contribution in [1.82, 2.24) is 10.6 Å². The molecule has 0 aromatic heterocycles. The Morgan fingerprint density at radius 3 is 2.77 bits per heavy atom. The fourth-order valence-electron chi connectivity index (χ4n) is 2.88. The van der Waals surface area contributed by atoms with Gasteiger partial charge in [0.2, 0.25) is 5.96 Å². The number of allylic oxidation sites excluding steroid dienone is 6. The zero-order valence-corrected chi connectivity index (χ0v) is 14.9. The smallest absolute Gasteiger partial charge is 0.416 e. The van der Waals surface area contributed by atoms with Gasteiger partial charge in [-0.3, -0.25) is 5.32 Å². The van der Waals surface area contributed by atoms with E-state index in [9.17, 15) is 18.0 Å². The van der Waals surface area contributed by atoms with Gasteiger partial charge in [-0.15, -0.1) is 0 Å². The van der Waals surface area contributed by atoms with E-state index < -0.39 is 17.8 Å². The quantitative estimate of drug-likeness (QED) is 0.733. The lowest BCUT2D eigenvalue weighted by Crippen LogP contribution is -2.38. The van der Waals surface area contributed by atoms with Crippen LogP contribution in [0.4, 0.5) is 18.0 Å². The molecule has 1 aliphatic heterocycles. The molecule has 1 amide bonds. The highest BCUT2D eigenvalue weighted by Gasteiger charge is 2.35. The molecular formula is C18H22F3N3O2. The average molecular weight is 369 g/mol. The third-order valence-electron chi connectivity index (χ3n) is 3.94. The molecule has 0 fully saturated rings. The molecule has 0 aromatic rings. The summed E-state index contributed by atoms with van der Waals surface area (Å²) in [5.74, 6) is 0.237. The Morgan fingerprint density at radius 2 is 2.19 bits per heavy atom. The van der Waals surface area contributed by atoms with Gasteiger partial charge < -0.3 is 10.1 Å². The molecule has 5 nitrogen and oxygen atoms in total. The van der Waals surface area contributed by atoms with Gasteiger partial charge in [-0.25, -0.2) is 9.79 Å². The molecule has 2 aliphatic rings. The molecule has 2 N–H and O–H groups in total. The second kappa shape index (κ2) is 8.25. The minimum atomic E-state index is -4.43. The second-order valence-electron chi connectivity index (χ2n) is 5.70. The van der Waals surface area contributed by atoms with Crippen molar-refractivity contribution in [3.63, 3.8) is 0 Å². The largest absolute Gasteiger partial charge is 0.450 e. The number of halogens is 3. The third-order valence-corrected chi connectivity index (χ3v) is 3.94. The van der Waals surface area contributed by atoms with Gasteiger partial charge in [0.1, 0.15) is 0 Å². The summed E-state index contributed by atoms with van der Waals surface area (Å²) < 4.78 is 45.0. The lowest BCUT2D eigenvalue weighted by molar-refractivity contribution is -0.0889. The Balaban J connectivity index is 2.25. The maximum Gasteiger partial charge on any atom is 0.416 e.